The first-order valence-electron chi connectivity index (χ1n) is 6.11. The molecule has 0 fully saturated rings. The molecule has 2 aromatic heterocycles. The largest absolute Gasteiger partial charge is 0.264 e. The fourth-order valence-electron chi connectivity index (χ4n) is 1.82. The topological polar surface area (TPSA) is 72.0 Å². The van der Waals surface area contributed by atoms with Crippen LogP contribution in [0, 0.1) is 6.92 Å². The van der Waals surface area contributed by atoms with Crippen LogP contribution in [0.25, 0.3) is 11.4 Å². The first kappa shape index (κ1) is 15.4. The van der Waals surface area contributed by atoms with Gasteiger partial charge in [0.25, 0.3) is 10.0 Å². The van der Waals surface area contributed by atoms with Crippen LogP contribution in [0.15, 0.2) is 39.9 Å². The molecule has 0 aliphatic rings. The maximum Gasteiger partial charge on any atom is 0.264 e. The summed E-state index contributed by atoms with van der Waals surface area (Å²) in [6.45, 7) is 1.66. The first-order valence-corrected chi connectivity index (χ1v) is 9.69. The van der Waals surface area contributed by atoms with Crippen molar-refractivity contribution in [1.82, 2.24) is 9.36 Å². The zero-order valence-electron chi connectivity index (χ0n) is 11.3. The number of rotatable bonds is 4. The second-order valence-corrected chi connectivity index (χ2v) is 7.99. The zero-order valence-corrected chi connectivity index (χ0v) is 14.5. The van der Waals surface area contributed by atoms with Crippen LogP contribution in [0.3, 0.4) is 0 Å². The molecule has 3 rings (SSSR count). The Labute approximate surface area is 140 Å². The van der Waals surface area contributed by atoms with Crippen LogP contribution in [0.2, 0.25) is 5.02 Å². The fourth-order valence-corrected chi connectivity index (χ4v) is 4.77. The van der Waals surface area contributed by atoms with Gasteiger partial charge in [-0.05, 0) is 36.1 Å². The lowest BCUT2D eigenvalue weighted by Crippen LogP contribution is -2.14. The molecule has 0 amide bonds. The fraction of sp³-hybridized carbons (Fsp3) is 0.0769. The van der Waals surface area contributed by atoms with Gasteiger partial charge >= 0.3 is 0 Å². The summed E-state index contributed by atoms with van der Waals surface area (Å²) in [6.07, 6.45) is 0. The van der Waals surface area contributed by atoms with Crippen LogP contribution < -0.4 is 4.72 Å². The quantitative estimate of drug-likeness (QED) is 0.751. The van der Waals surface area contributed by atoms with Crippen molar-refractivity contribution < 1.29 is 8.42 Å². The highest BCUT2D eigenvalue weighted by atomic mass is 35.5. The van der Waals surface area contributed by atoms with Crippen LogP contribution in [-0.4, -0.2) is 17.8 Å². The Balaban J connectivity index is 1.91. The zero-order chi connectivity index (χ0) is 15.7. The Morgan fingerprint density at radius 2 is 2.09 bits per heavy atom. The summed E-state index contributed by atoms with van der Waals surface area (Å²) in [7, 11) is -3.75. The molecule has 0 saturated carbocycles. The number of anilines is 1. The van der Waals surface area contributed by atoms with E-state index in [-0.39, 0.29) is 10.0 Å². The van der Waals surface area contributed by atoms with E-state index >= 15 is 0 Å². The van der Waals surface area contributed by atoms with Crippen molar-refractivity contribution in [2.45, 2.75) is 11.8 Å². The maximum atomic E-state index is 12.4. The minimum absolute atomic E-state index is 0.132. The Morgan fingerprint density at radius 3 is 2.82 bits per heavy atom. The Hall–Kier alpha value is -1.48. The molecule has 9 heteroatoms. The molecule has 1 N–H and O–H groups in total. The Kier molecular flexibility index (Phi) is 4.18. The van der Waals surface area contributed by atoms with Gasteiger partial charge in [0.2, 0.25) is 5.13 Å². The molecule has 5 nitrogen and oxygen atoms in total. The van der Waals surface area contributed by atoms with Gasteiger partial charge in [-0.3, -0.25) is 4.72 Å². The van der Waals surface area contributed by atoms with E-state index in [2.05, 4.69) is 14.1 Å². The number of benzene rings is 1. The second kappa shape index (κ2) is 5.96. The normalized spacial score (nSPS) is 11.5. The molecule has 1 aromatic carbocycles. The van der Waals surface area contributed by atoms with Gasteiger partial charge in [-0.25, -0.2) is 8.42 Å². The molecular weight excluding hydrogens is 362 g/mol. The summed E-state index contributed by atoms with van der Waals surface area (Å²) in [4.78, 5) is 4.34. The summed E-state index contributed by atoms with van der Waals surface area (Å²) in [5.74, 6) is 0.506. The van der Waals surface area contributed by atoms with Crippen molar-refractivity contribution in [1.29, 1.82) is 0 Å². The van der Waals surface area contributed by atoms with Gasteiger partial charge in [-0.2, -0.15) is 20.7 Å². The van der Waals surface area contributed by atoms with Crippen molar-refractivity contribution in [3.63, 3.8) is 0 Å². The predicted octanol–water partition coefficient (Wildman–Crippen LogP) is 4.03. The number of nitrogens with one attached hydrogen (secondary N) is 1. The van der Waals surface area contributed by atoms with Crippen molar-refractivity contribution >= 4 is 49.6 Å². The number of hydrogen-bond acceptors (Lipinski definition) is 6. The lowest BCUT2D eigenvalue weighted by molar-refractivity contribution is 0.600. The number of halogens is 1. The number of aromatic nitrogens is 2. The van der Waals surface area contributed by atoms with Crippen molar-refractivity contribution in [3.8, 4) is 11.4 Å². The molecule has 0 unspecified atom stereocenters. The molecule has 0 saturated heterocycles. The average Bonchev–Trinajstić information content (AvgIpc) is 3.11. The van der Waals surface area contributed by atoms with Crippen LogP contribution in [-0.2, 0) is 10.0 Å². The number of sulfonamides is 1. The second-order valence-electron chi connectivity index (χ2n) is 4.40. The standard InChI is InChI=1S/C13H10ClN3O2S3/c1-8-10(14)3-2-4-11(8)22(18,19)17-13-15-12(16-21-13)9-5-6-20-7-9/h2-7H,1H3,(H,15,16,17). The molecular formula is C13H10ClN3O2S3. The van der Waals surface area contributed by atoms with Gasteiger partial charge in [0.1, 0.15) is 0 Å². The average molecular weight is 372 g/mol. The van der Waals surface area contributed by atoms with Crippen LogP contribution >= 0.6 is 34.5 Å². The van der Waals surface area contributed by atoms with Crippen LogP contribution in [0.1, 0.15) is 5.56 Å². The van der Waals surface area contributed by atoms with E-state index in [4.69, 9.17) is 11.6 Å². The number of thiophene rings is 1. The van der Waals surface area contributed by atoms with E-state index in [0.717, 1.165) is 17.1 Å². The first-order chi connectivity index (χ1) is 10.5. The molecule has 3 aromatic rings. The molecule has 2 heterocycles. The van der Waals surface area contributed by atoms with E-state index in [1.165, 1.54) is 17.4 Å². The minimum atomic E-state index is -3.75. The minimum Gasteiger partial charge on any atom is -0.253 e. The van der Waals surface area contributed by atoms with E-state index < -0.39 is 10.0 Å². The Bertz CT molecular complexity index is 905. The summed E-state index contributed by atoms with van der Waals surface area (Å²) < 4.78 is 31.5. The highest BCUT2D eigenvalue weighted by molar-refractivity contribution is 7.93. The molecule has 0 aliphatic carbocycles. The number of hydrogen-bond donors (Lipinski definition) is 1. The van der Waals surface area contributed by atoms with Gasteiger partial charge in [0, 0.05) is 27.5 Å². The van der Waals surface area contributed by atoms with Crippen LogP contribution in [0.5, 0.6) is 0 Å². The lowest BCUT2D eigenvalue weighted by Gasteiger charge is -2.08. The third kappa shape index (κ3) is 3.00. The molecule has 0 aliphatic heterocycles. The van der Waals surface area contributed by atoms with E-state index in [1.54, 1.807) is 19.1 Å². The summed E-state index contributed by atoms with van der Waals surface area (Å²) in [6, 6.07) is 6.63. The smallest absolute Gasteiger partial charge is 0.253 e. The third-order valence-corrected chi connectivity index (χ3v) is 6.27. The molecule has 114 valence electrons. The van der Waals surface area contributed by atoms with Crippen molar-refractivity contribution in [2.75, 3.05) is 4.72 Å². The Morgan fingerprint density at radius 1 is 1.27 bits per heavy atom. The molecule has 22 heavy (non-hydrogen) atoms. The highest BCUT2D eigenvalue weighted by Gasteiger charge is 2.20. The maximum absolute atomic E-state index is 12.4. The summed E-state index contributed by atoms with van der Waals surface area (Å²) in [5.41, 5.74) is 1.37. The van der Waals surface area contributed by atoms with Crippen LogP contribution in [0.4, 0.5) is 5.13 Å². The highest BCUT2D eigenvalue weighted by Crippen LogP contribution is 2.27. The van der Waals surface area contributed by atoms with Gasteiger partial charge < -0.3 is 0 Å². The van der Waals surface area contributed by atoms with Crippen molar-refractivity contribution in [3.05, 3.63) is 45.6 Å². The van der Waals surface area contributed by atoms with Gasteiger partial charge in [0.05, 0.1) is 4.90 Å². The lowest BCUT2D eigenvalue weighted by atomic mass is 10.2. The molecule has 0 atom stereocenters. The van der Waals surface area contributed by atoms with E-state index in [9.17, 15) is 8.42 Å². The monoisotopic (exact) mass is 371 g/mol. The third-order valence-electron chi connectivity index (χ3n) is 2.93. The van der Waals surface area contributed by atoms with Gasteiger partial charge in [-0.1, -0.05) is 17.7 Å². The predicted molar refractivity (Wildman–Crippen MR) is 90.2 cm³/mol. The van der Waals surface area contributed by atoms with E-state index in [1.807, 2.05) is 16.8 Å². The summed E-state index contributed by atoms with van der Waals surface area (Å²) in [5, 5.41) is 4.44. The summed E-state index contributed by atoms with van der Waals surface area (Å²) >= 11 is 8.51. The molecule has 0 radical (unpaired) electrons. The SMILES string of the molecule is Cc1c(Cl)cccc1S(=O)(=O)Nc1nc(-c2ccsc2)ns1. The van der Waals surface area contributed by atoms with E-state index in [0.29, 0.717) is 16.4 Å². The van der Waals surface area contributed by atoms with Gasteiger partial charge in [-0.15, -0.1) is 0 Å². The van der Waals surface area contributed by atoms with Gasteiger partial charge in [0.15, 0.2) is 5.82 Å². The molecule has 0 spiro atoms. The van der Waals surface area contributed by atoms with Crippen molar-refractivity contribution in [2.24, 2.45) is 0 Å². The molecule has 0 bridgehead atoms. The number of nitrogens with zero attached hydrogens (tertiary/aromatic N) is 2.